The summed E-state index contributed by atoms with van der Waals surface area (Å²) < 4.78 is 12.5. The molecule has 0 radical (unpaired) electrons. The number of hydrogen-bond acceptors (Lipinski definition) is 6. The highest BCUT2D eigenvalue weighted by Gasteiger charge is 2.54. The average Bonchev–Trinajstić information content (AvgIpc) is 3.04. The Bertz CT molecular complexity index is 1790. The first-order valence-electron chi connectivity index (χ1n) is 19.2. The van der Waals surface area contributed by atoms with Crippen LogP contribution in [0.15, 0.2) is 72.8 Å². The lowest BCUT2D eigenvalue weighted by molar-refractivity contribution is -0.0458. The summed E-state index contributed by atoms with van der Waals surface area (Å²) in [6.07, 6.45) is 0. The van der Waals surface area contributed by atoms with Crippen LogP contribution >= 0.6 is 17.2 Å². The third-order valence-corrected chi connectivity index (χ3v) is 11.5. The van der Waals surface area contributed by atoms with E-state index in [0.29, 0.717) is 11.1 Å². The molecule has 0 atom stereocenters. The fourth-order valence-electron chi connectivity index (χ4n) is 8.07. The normalized spacial score (nSPS) is 13.6. The van der Waals surface area contributed by atoms with Gasteiger partial charge >= 0.3 is 17.2 Å². The highest BCUT2D eigenvalue weighted by Crippen LogP contribution is 2.60. The molecule has 0 bridgehead atoms. The van der Waals surface area contributed by atoms with E-state index in [0.717, 1.165) is 55.6 Å². The molecule has 4 aromatic rings. The van der Waals surface area contributed by atoms with Crippen molar-refractivity contribution >= 4 is 17.2 Å². The zero-order valence-corrected chi connectivity index (χ0v) is 37.9. The second-order valence-corrected chi connectivity index (χ2v) is 21.4. The van der Waals surface area contributed by atoms with Crippen molar-refractivity contribution in [3.63, 3.8) is 0 Å². The van der Waals surface area contributed by atoms with Gasteiger partial charge in [-0.25, -0.2) is 0 Å². The first-order chi connectivity index (χ1) is 25.0. The van der Waals surface area contributed by atoms with E-state index in [1.165, 1.54) is 0 Å². The fraction of sp³-hybridized carbons (Fsp3) is 0.489. The Kier molecular flexibility index (Phi) is 13.2. The van der Waals surface area contributed by atoms with Gasteiger partial charge in [-0.2, -0.15) is 0 Å². The number of hydrogen-bond donors (Lipinski definition) is 4. The van der Waals surface area contributed by atoms with Gasteiger partial charge in [-0.1, -0.05) is 181 Å². The van der Waals surface area contributed by atoms with Gasteiger partial charge in [0.05, 0.1) is 6.61 Å². The molecule has 0 aliphatic rings. The van der Waals surface area contributed by atoms with Crippen molar-refractivity contribution in [3.8, 4) is 22.3 Å². The van der Waals surface area contributed by atoms with E-state index >= 15 is 0 Å². The molecule has 0 heterocycles. The van der Waals surface area contributed by atoms with E-state index in [-0.39, 0.29) is 28.3 Å². The topological polar surface area (TPSA) is 99.4 Å². The maximum absolute atomic E-state index is 11.2. The maximum Gasteiger partial charge on any atom is 0.328 e. The summed E-state index contributed by atoms with van der Waals surface area (Å²) in [5, 5.41) is 0. The smallest absolute Gasteiger partial charge is 0.328 e. The Labute approximate surface area is 334 Å². The Morgan fingerprint density at radius 2 is 0.764 bits per heavy atom. The standard InChI is InChI=1S/C47H66O6P2/c1-30-25-36(42(3,4)5)40(37(26-30)43(6,7)8)32-21-17-19-23-34(32)47(53-55(50)51,46(15,16)29-52-54(48)49)35-24-20-18-22-33(35)41-38(44(9,10)11)27-31(2)28-39(41)45(12,13)14/h17-28,48-51H,29H2,1-16H3. The number of benzene rings is 4. The predicted molar refractivity (Wildman–Crippen MR) is 232 cm³/mol. The first kappa shape index (κ1) is 45.2. The Balaban J connectivity index is 2.40. The van der Waals surface area contributed by atoms with Crippen LogP contribution in [0, 0.1) is 19.3 Å². The van der Waals surface area contributed by atoms with Crippen molar-refractivity contribution in [3.05, 3.63) is 117 Å². The molecule has 0 spiro atoms. The first-order valence-corrected chi connectivity index (χ1v) is 21.6. The van der Waals surface area contributed by atoms with E-state index < -0.39 is 28.2 Å². The molecule has 0 amide bonds. The zero-order valence-electron chi connectivity index (χ0n) is 36.1. The van der Waals surface area contributed by atoms with Crippen molar-refractivity contribution in [2.75, 3.05) is 6.61 Å². The highest BCUT2D eigenvalue weighted by atomic mass is 31.2. The molecule has 300 valence electrons. The lowest BCUT2D eigenvalue weighted by Gasteiger charge is -2.49. The molecule has 0 aliphatic carbocycles. The molecule has 55 heavy (non-hydrogen) atoms. The van der Waals surface area contributed by atoms with E-state index in [4.69, 9.17) is 9.05 Å². The molecule has 4 rings (SSSR count). The van der Waals surface area contributed by atoms with Gasteiger partial charge in [0.15, 0.2) is 0 Å². The Morgan fingerprint density at radius 1 is 0.455 bits per heavy atom. The predicted octanol–water partition coefficient (Wildman–Crippen LogP) is 12.6. The monoisotopic (exact) mass is 788 g/mol. The second-order valence-electron chi connectivity index (χ2n) is 20.0. The number of rotatable bonds is 10. The molecular weight excluding hydrogens is 722 g/mol. The summed E-state index contributed by atoms with van der Waals surface area (Å²) in [6, 6.07) is 25.3. The van der Waals surface area contributed by atoms with Gasteiger partial charge in [0.2, 0.25) is 0 Å². The van der Waals surface area contributed by atoms with Crippen LogP contribution in [0.5, 0.6) is 0 Å². The lowest BCUT2D eigenvalue weighted by atomic mass is 9.62. The minimum atomic E-state index is -3.00. The molecule has 6 nitrogen and oxygen atoms in total. The molecule has 4 aromatic carbocycles. The van der Waals surface area contributed by atoms with E-state index in [1.54, 1.807) is 0 Å². The van der Waals surface area contributed by atoms with Crippen LogP contribution in [0.3, 0.4) is 0 Å². The van der Waals surface area contributed by atoms with Crippen molar-refractivity contribution in [1.29, 1.82) is 0 Å². The largest absolute Gasteiger partial charge is 0.328 e. The zero-order chi connectivity index (χ0) is 41.7. The summed E-state index contributed by atoms with van der Waals surface area (Å²) >= 11 is 0. The molecule has 0 aromatic heterocycles. The lowest BCUT2D eigenvalue weighted by Crippen LogP contribution is -2.48. The van der Waals surface area contributed by atoms with Gasteiger partial charge in [0.1, 0.15) is 5.60 Å². The van der Waals surface area contributed by atoms with Crippen molar-refractivity contribution in [2.45, 2.75) is 138 Å². The molecule has 0 fully saturated rings. The summed E-state index contributed by atoms with van der Waals surface area (Å²) in [5.74, 6) is 0. The van der Waals surface area contributed by atoms with Crippen LogP contribution < -0.4 is 0 Å². The average molecular weight is 789 g/mol. The van der Waals surface area contributed by atoms with Gasteiger partial charge < -0.3 is 24.1 Å². The minimum absolute atomic E-state index is 0.171. The quantitative estimate of drug-likeness (QED) is 0.119. The summed E-state index contributed by atoms with van der Waals surface area (Å²) in [7, 11) is -5.73. The molecule has 0 saturated heterocycles. The number of aryl methyl sites for hydroxylation is 2. The SMILES string of the molecule is Cc1cc(C(C)(C)C)c(-c2ccccc2C(OP(O)O)(c2ccccc2-c2c(C(C)(C)C)cc(C)cc2C(C)(C)C)C(C)(C)COP(O)O)c(C(C)(C)C)c1. The van der Waals surface area contributed by atoms with Gasteiger partial charge in [0, 0.05) is 5.41 Å². The van der Waals surface area contributed by atoms with Crippen LogP contribution in [0.25, 0.3) is 22.3 Å². The van der Waals surface area contributed by atoms with Crippen LogP contribution in [0.1, 0.15) is 141 Å². The van der Waals surface area contributed by atoms with Crippen molar-refractivity contribution < 1.29 is 28.6 Å². The van der Waals surface area contributed by atoms with Gasteiger partial charge in [-0.05, 0) is 91.1 Å². The van der Waals surface area contributed by atoms with E-state index in [2.05, 4.69) is 133 Å². The molecule has 0 aliphatic heterocycles. The van der Waals surface area contributed by atoms with Crippen LogP contribution in [-0.2, 0) is 36.3 Å². The van der Waals surface area contributed by atoms with Crippen LogP contribution in [0.4, 0.5) is 0 Å². The van der Waals surface area contributed by atoms with Gasteiger partial charge in [0.25, 0.3) is 0 Å². The Morgan fingerprint density at radius 3 is 1.04 bits per heavy atom. The maximum atomic E-state index is 11.2. The molecular formula is C47H66O6P2. The van der Waals surface area contributed by atoms with Crippen LogP contribution in [0.2, 0.25) is 0 Å². The third kappa shape index (κ3) is 9.46. The molecule has 0 saturated carbocycles. The third-order valence-electron chi connectivity index (χ3n) is 10.7. The van der Waals surface area contributed by atoms with Crippen LogP contribution in [-0.4, -0.2) is 26.2 Å². The van der Waals surface area contributed by atoms with Crippen molar-refractivity contribution in [1.82, 2.24) is 0 Å². The summed E-state index contributed by atoms with van der Waals surface area (Å²) in [4.78, 5) is 42.9. The van der Waals surface area contributed by atoms with Crippen molar-refractivity contribution in [2.24, 2.45) is 5.41 Å². The minimum Gasteiger partial charge on any atom is -0.328 e. The molecule has 0 unspecified atom stereocenters. The van der Waals surface area contributed by atoms with E-state index in [9.17, 15) is 19.6 Å². The van der Waals surface area contributed by atoms with Gasteiger partial charge in [-0.15, -0.1) is 0 Å². The summed E-state index contributed by atoms with van der Waals surface area (Å²) in [5.41, 5.74) is 8.52. The van der Waals surface area contributed by atoms with Gasteiger partial charge in [-0.3, -0.25) is 4.52 Å². The fourth-order valence-corrected chi connectivity index (χ4v) is 9.20. The molecule has 4 N–H and O–H groups in total. The molecule has 8 heteroatoms. The summed E-state index contributed by atoms with van der Waals surface area (Å²) in [6.45, 7) is 34.7. The highest BCUT2D eigenvalue weighted by molar-refractivity contribution is 7.39. The van der Waals surface area contributed by atoms with E-state index in [1.807, 2.05) is 50.2 Å². The Hall–Kier alpha value is -2.50. The second kappa shape index (κ2) is 16.0.